The van der Waals surface area contributed by atoms with Crippen LogP contribution in [0, 0.1) is 0 Å². The van der Waals surface area contributed by atoms with Crippen LogP contribution in [-0.4, -0.2) is 29.1 Å². The average Bonchev–Trinajstić information content (AvgIpc) is 2.78. The van der Waals surface area contributed by atoms with Crippen LogP contribution < -0.4 is 20.5 Å². The van der Waals surface area contributed by atoms with Gasteiger partial charge in [-0.25, -0.2) is 9.97 Å². The molecular formula is C15H16N4O3. The van der Waals surface area contributed by atoms with Gasteiger partial charge in [-0.1, -0.05) is 12.1 Å². The predicted molar refractivity (Wildman–Crippen MR) is 79.7 cm³/mol. The van der Waals surface area contributed by atoms with Gasteiger partial charge in [-0.05, 0) is 6.07 Å². The number of carbonyl (C=O) groups excluding carboxylic acids is 1. The molecule has 2 heterocycles. The maximum atomic E-state index is 12.1. The molecule has 1 aliphatic heterocycles. The first-order valence-corrected chi connectivity index (χ1v) is 6.98. The third kappa shape index (κ3) is 2.93. The molecule has 0 saturated carbocycles. The van der Waals surface area contributed by atoms with Crippen LogP contribution in [0.25, 0.3) is 0 Å². The molecule has 7 nitrogen and oxygen atoms in total. The average molecular weight is 300 g/mol. The maximum absolute atomic E-state index is 12.1. The Morgan fingerprint density at radius 2 is 2.05 bits per heavy atom. The highest BCUT2D eigenvalue weighted by Crippen LogP contribution is 2.33. The summed E-state index contributed by atoms with van der Waals surface area (Å²) in [6, 6.07) is 5.60. The first-order valence-electron chi connectivity index (χ1n) is 6.98. The zero-order valence-electron chi connectivity index (χ0n) is 11.9. The number of nitrogen functional groups attached to an aromatic ring is 1. The zero-order valence-corrected chi connectivity index (χ0v) is 11.9. The van der Waals surface area contributed by atoms with E-state index in [4.69, 9.17) is 15.2 Å². The van der Waals surface area contributed by atoms with Gasteiger partial charge in [0.2, 0.25) is 0 Å². The highest BCUT2D eigenvalue weighted by atomic mass is 16.5. The number of amides is 1. The minimum absolute atomic E-state index is 0.103. The van der Waals surface area contributed by atoms with E-state index in [0.717, 1.165) is 12.0 Å². The van der Waals surface area contributed by atoms with E-state index < -0.39 is 0 Å². The Hall–Kier alpha value is -2.83. The summed E-state index contributed by atoms with van der Waals surface area (Å²) in [4.78, 5) is 19.9. The molecule has 1 aromatic carbocycles. The van der Waals surface area contributed by atoms with Crippen molar-refractivity contribution in [2.24, 2.45) is 0 Å². The Morgan fingerprint density at radius 1 is 1.23 bits per heavy atom. The van der Waals surface area contributed by atoms with Crippen LogP contribution in [0.4, 0.5) is 5.82 Å². The normalized spacial score (nSPS) is 13.3. The van der Waals surface area contributed by atoms with Gasteiger partial charge in [0, 0.05) is 30.9 Å². The second-order valence-electron chi connectivity index (χ2n) is 4.77. The largest absolute Gasteiger partial charge is 0.490 e. The lowest BCUT2D eigenvalue weighted by molar-refractivity contribution is 0.0946. The second-order valence-corrected chi connectivity index (χ2v) is 4.77. The van der Waals surface area contributed by atoms with E-state index in [9.17, 15) is 4.79 Å². The van der Waals surface area contributed by atoms with E-state index in [2.05, 4.69) is 15.3 Å². The monoisotopic (exact) mass is 300 g/mol. The van der Waals surface area contributed by atoms with E-state index in [1.54, 1.807) is 0 Å². The highest BCUT2D eigenvalue weighted by Gasteiger charge is 2.16. The molecule has 0 bridgehead atoms. The lowest BCUT2D eigenvalue weighted by Crippen LogP contribution is -2.25. The first kappa shape index (κ1) is 14.1. The fourth-order valence-electron chi connectivity index (χ4n) is 2.18. The number of benzene rings is 1. The van der Waals surface area contributed by atoms with Gasteiger partial charge in [-0.3, -0.25) is 4.79 Å². The molecule has 1 amide bonds. The van der Waals surface area contributed by atoms with E-state index >= 15 is 0 Å². The van der Waals surface area contributed by atoms with Gasteiger partial charge in [0.25, 0.3) is 5.91 Å². The smallest absolute Gasteiger partial charge is 0.273 e. The molecule has 0 unspecified atom stereocenters. The van der Waals surface area contributed by atoms with Crippen molar-refractivity contribution in [2.45, 2.75) is 13.0 Å². The zero-order chi connectivity index (χ0) is 15.4. The van der Waals surface area contributed by atoms with Gasteiger partial charge in [0.15, 0.2) is 23.0 Å². The van der Waals surface area contributed by atoms with Crippen molar-refractivity contribution in [3.63, 3.8) is 0 Å². The summed E-state index contributed by atoms with van der Waals surface area (Å²) < 4.78 is 11.3. The summed E-state index contributed by atoms with van der Waals surface area (Å²) in [6.45, 7) is 1.51. The maximum Gasteiger partial charge on any atom is 0.273 e. The summed E-state index contributed by atoms with van der Waals surface area (Å²) in [5.74, 6) is 1.10. The Kier molecular flexibility index (Phi) is 4.04. The number of hydrogen-bond acceptors (Lipinski definition) is 6. The fraction of sp³-hybridized carbons (Fsp3) is 0.267. The SMILES string of the molecule is Nc1nccnc1C(=O)NCc1cccc2c1OCCCO2. The van der Waals surface area contributed by atoms with E-state index in [0.29, 0.717) is 31.3 Å². The summed E-state index contributed by atoms with van der Waals surface area (Å²) in [7, 11) is 0. The van der Waals surface area contributed by atoms with Crippen molar-refractivity contribution in [3.8, 4) is 11.5 Å². The van der Waals surface area contributed by atoms with Crippen LogP contribution in [0.15, 0.2) is 30.6 Å². The van der Waals surface area contributed by atoms with Gasteiger partial charge < -0.3 is 20.5 Å². The molecule has 1 aromatic heterocycles. The second kappa shape index (κ2) is 6.30. The lowest BCUT2D eigenvalue weighted by Gasteiger charge is -2.13. The van der Waals surface area contributed by atoms with Crippen LogP contribution >= 0.6 is 0 Å². The number of rotatable bonds is 3. The van der Waals surface area contributed by atoms with Crippen molar-refractivity contribution in [1.82, 2.24) is 15.3 Å². The summed E-state index contributed by atoms with van der Waals surface area (Å²) >= 11 is 0. The number of anilines is 1. The number of fused-ring (bicyclic) bond motifs is 1. The predicted octanol–water partition coefficient (Wildman–Crippen LogP) is 1.15. The lowest BCUT2D eigenvalue weighted by atomic mass is 10.2. The Morgan fingerprint density at radius 3 is 2.91 bits per heavy atom. The quantitative estimate of drug-likeness (QED) is 0.882. The molecule has 7 heteroatoms. The molecule has 0 atom stereocenters. The number of nitrogens with one attached hydrogen (secondary N) is 1. The summed E-state index contributed by atoms with van der Waals surface area (Å²) in [6.07, 6.45) is 3.70. The van der Waals surface area contributed by atoms with Gasteiger partial charge in [-0.2, -0.15) is 0 Å². The summed E-state index contributed by atoms with van der Waals surface area (Å²) in [5.41, 5.74) is 6.60. The van der Waals surface area contributed by atoms with Crippen LogP contribution in [0.1, 0.15) is 22.5 Å². The molecule has 3 rings (SSSR count). The van der Waals surface area contributed by atoms with Crippen LogP contribution in [0.2, 0.25) is 0 Å². The molecule has 3 N–H and O–H groups in total. The molecule has 0 saturated heterocycles. The van der Waals surface area contributed by atoms with Gasteiger partial charge >= 0.3 is 0 Å². The molecule has 0 aliphatic carbocycles. The van der Waals surface area contributed by atoms with Crippen molar-refractivity contribution in [3.05, 3.63) is 41.9 Å². The molecule has 0 spiro atoms. The first-order chi connectivity index (χ1) is 10.8. The molecular weight excluding hydrogens is 284 g/mol. The molecule has 22 heavy (non-hydrogen) atoms. The third-order valence-corrected chi connectivity index (χ3v) is 3.23. The Bertz CT molecular complexity index is 690. The van der Waals surface area contributed by atoms with Gasteiger partial charge in [0.05, 0.1) is 13.2 Å². The third-order valence-electron chi connectivity index (χ3n) is 3.23. The minimum atomic E-state index is -0.377. The molecule has 114 valence electrons. The number of hydrogen-bond donors (Lipinski definition) is 2. The standard InChI is InChI=1S/C15H16N4O3/c16-14-12(17-5-6-18-14)15(20)19-9-10-3-1-4-11-13(10)22-8-2-7-21-11/h1,3-6H,2,7-9H2,(H2,16,18)(H,19,20). The Labute approximate surface area is 127 Å². The summed E-state index contributed by atoms with van der Waals surface area (Å²) in [5, 5.41) is 2.77. The number of ether oxygens (including phenoxy) is 2. The van der Waals surface area contributed by atoms with E-state index in [-0.39, 0.29) is 17.4 Å². The molecule has 1 aliphatic rings. The number of nitrogens with two attached hydrogens (primary N) is 1. The number of aromatic nitrogens is 2. The Balaban J connectivity index is 1.74. The van der Waals surface area contributed by atoms with Crippen molar-refractivity contribution >= 4 is 11.7 Å². The molecule has 0 fully saturated rings. The van der Waals surface area contributed by atoms with Crippen molar-refractivity contribution in [1.29, 1.82) is 0 Å². The number of nitrogens with zero attached hydrogens (tertiary/aromatic N) is 2. The van der Waals surface area contributed by atoms with Crippen LogP contribution in [-0.2, 0) is 6.54 Å². The van der Waals surface area contributed by atoms with Crippen molar-refractivity contribution in [2.75, 3.05) is 18.9 Å². The van der Waals surface area contributed by atoms with Gasteiger partial charge in [0.1, 0.15) is 0 Å². The fourth-order valence-corrected chi connectivity index (χ4v) is 2.18. The van der Waals surface area contributed by atoms with Gasteiger partial charge in [-0.15, -0.1) is 0 Å². The molecule has 2 aromatic rings. The number of para-hydroxylation sites is 1. The topological polar surface area (TPSA) is 99.4 Å². The molecule has 0 radical (unpaired) electrons. The minimum Gasteiger partial charge on any atom is -0.490 e. The highest BCUT2D eigenvalue weighted by molar-refractivity contribution is 5.96. The van der Waals surface area contributed by atoms with E-state index in [1.165, 1.54) is 12.4 Å². The van der Waals surface area contributed by atoms with Crippen LogP contribution in [0.5, 0.6) is 11.5 Å². The van der Waals surface area contributed by atoms with E-state index in [1.807, 2.05) is 18.2 Å². The van der Waals surface area contributed by atoms with Crippen LogP contribution in [0.3, 0.4) is 0 Å². The van der Waals surface area contributed by atoms with Crippen molar-refractivity contribution < 1.29 is 14.3 Å². The number of carbonyl (C=O) groups is 1.